The van der Waals surface area contributed by atoms with E-state index in [4.69, 9.17) is 20.3 Å². The monoisotopic (exact) mass is 293 g/mol. The molecular formula is C16H23NO4. The second-order valence-electron chi connectivity index (χ2n) is 5.47. The van der Waals surface area contributed by atoms with E-state index in [9.17, 15) is 4.79 Å². The number of carbonyl (C=O) groups is 1. The van der Waals surface area contributed by atoms with Gasteiger partial charge in [-0.25, -0.2) is 0 Å². The lowest BCUT2D eigenvalue weighted by Crippen LogP contribution is -2.17. The average molecular weight is 293 g/mol. The number of methoxy groups -OCH3 is 1. The summed E-state index contributed by atoms with van der Waals surface area (Å²) in [7, 11) is 1.61. The molecular weight excluding hydrogens is 270 g/mol. The first-order valence-electron chi connectivity index (χ1n) is 7.40. The van der Waals surface area contributed by atoms with Crippen molar-refractivity contribution in [3.05, 3.63) is 23.8 Å². The molecule has 5 nitrogen and oxygen atoms in total. The number of carboxylic acid groups (broad SMARTS) is 1. The van der Waals surface area contributed by atoms with Gasteiger partial charge in [0.05, 0.1) is 19.6 Å². The number of rotatable bonds is 7. The second kappa shape index (κ2) is 7.31. The van der Waals surface area contributed by atoms with E-state index in [1.165, 1.54) is 12.8 Å². The van der Waals surface area contributed by atoms with E-state index in [0.717, 1.165) is 18.4 Å². The summed E-state index contributed by atoms with van der Waals surface area (Å²) in [6, 6.07) is 5.56. The molecule has 1 aliphatic carbocycles. The Kier molecular flexibility index (Phi) is 5.44. The zero-order valence-electron chi connectivity index (χ0n) is 12.4. The summed E-state index contributed by atoms with van der Waals surface area (Å²) in [5, 5.41) is 8.96. The molecule has 1 aromatic carbocycles. The van der Waals surface area contributed by atoms with Crippen molar-refractivity contribution in [2.75, 3.05) is 13.7 Å². The summed E-state index contributed by atoms with van der Waals surface area (Å²) in [6.07, 6.45) is 4.75. The van der Waals surface area contributed by atoms with Gasteiger partial charge in [-0.2, -0.15) is 0 Å². The number of carboxylic acids is 1. The zero-order chi connectivity index (χ0) is 15.2. The van der Waals surface area contributed by atoms with Crippen molar-refractivity contribution in [1.29, 1.82) is 0 Å². The van der Waals surface area contributed by atoms with E-state index >= 15 is 0 Å². The molecule has 0 bridgehead atoms. The normalized spacial score (nSPS) is 16.7. The molecule has 1 aromatic rings. The molecule has 0 unspecified atom stereocenters. The molecule has 3 N–H and O–H groups in total. The Labute approximate surface area is 125 Å². The van der Waals surface area contributed by atoms with Crippen LogP contribution in [0.2, 0.25) is 0 Å². The van der Waals surface area contributed by atoms with Crippen molar-refractivity contribution in [3.8, 4) is 11.5 Å². The van der Waals surface area contributed by atoms with Gasteiger partial charge in [0, 0.05) is 5.92 Å². The fourth-order valence-electron chi connectivity index (χ4n) is 2.77. The fourth-order valence-corrected chi connectivity index (χ4v) is 2.77. The van der Waals surface area contributed by atoms with E-state index in [1.54, 1.807) is 7.11 Å². The lowest BCUT2D eigenvalue weighted by Gasteiger charge is -2.19. The Morgan fingerprint density at radius 3 is 2.67 bits per heavy atom. The average Bonchev–Trinajstić information content (AvgIpc) is 2.97. The lowest BCUT2D eigenvalue weighted by atomic mass is 9.95. The molecule has 0 heterocycles. The highest BCUT2D eigenvalue weighted by molar-refractivity contribution is 5.68. The highest BCUT2D eigenvalue weighted by Gasteiger charge is 2.20. The van der Waals surface area contributed by atoms with Crippen LogP contribution in [-0.2, 0) is 4.79 Å². The predicted molar refractivity (Wildman–Crippen MR) is 79.9 cm³/mol. The van der Waals surface area contributed by atoms with Crippen LogP contribution >= 0.6 is 0 Å². The molecule has 0 aliphatic heterocycles. The summed E-state index contributed by atoms with van der Waals surface area (Å²) in [5.74, 6) is 0.307. The first-order chi connectivity index (χ1) is 10.1. The van der Waals surface area contributed by atoms with Crippen LogP contribution in [0, 0.1) is 0 Å². The molecule has 1 atom stereocenters. The van der Waals surface area contributed by atoms with Crippen molar-refractivity contribution in [2.45, 2.75) is 44.1 Å². The molecule has 1 aliphatic rings. The smallest absolute Gasteiger partial charge is 0.304 e. The Hall–Kier alpha value is -1.75. The van der Waals surface area contributed by atoms with Gasteiger partial charge in [0.2, 0.25) is 0 Å². The van der Waals surface area contributed by atoms with Crippen molar-refractivity contribution in [2.24, 2.45) is 5.73 Å². The van der Waals surface area contributed by atoms with Gasteiger partial charge >= 0.3 is 5.97 Å². The third-order valence-corrected chi connectivity index (χ3v) is 3.96. The minimum atomic E-state index is -0.848. The van der Waals surface area contributed by atoms with E-state index in [-0.39, 0.29) is 18.4 Å². The highest BCUT2D eigenvalue weighted by atomic mass is 16.5. The molecule has 0 radical (unpaired) electrons. The molecule has 1 saturated carbocycles. The van der Waals surface area contributed by atoms with Gasteiger partial charge < -0.3 is 20.3 Å². The van der Waals surface area contributed by atoms with Gasteiger partial charge in [-0.3, -0.25) is 4.79 Å². The zero-order valence-corrected chi connectivity index (χ0v) is 12.4. The van der Waals surface area contributed by atoms with Gasteiger partial charge in [0.25, 0.3) is 0 Å². The molecule has 2 rings (SSSR count). The van der Waals surface area contributed by atoms with Crippen LogP contribution in [0.25, 0.3) is 0 Å². The summed E-state index contributed by atoms with van der Waals surface area (Å²) < 4.78 is 11.4. The third-order valence-electron chi connectivity index (χ3n) is 3.96. The maximum Gasteiger partial charge on any atom is 0.304 e. The Bertz CT molecular complexity index is 483. The standard InChI is InChI=1S/C16H23NO4/c1-20-14-7-6-11(12(10-17)9-16(18)19)8-15(14)21-13-4-2-3-5-13/h6-8,12-13H,2-5,9-10,17H2,1H3,(H,18,19)/t12-/m0/s1. The second-order valence-corrected chi connectivity index (χ2v) is 5.47. The predicted octanol–water partition coefficient (Wildman–Crippen LogP) is 2.53. The molecule has 5 heteroatoms. The quantitative estimate of drug-likeness (QED) is 0.807. The highest BCUT2D eigenvalue weighted by Crippen LogP contribution is 2.34. The van der Waals surface area contributed by atoms with Crippen LogP contribution in [0.4, 0.5) is 0 Å². The fraction of sp³-hybridized carbons (Fsp3) is 0.562. The Morgan fingerprint density at radius 2 is 2.10 bits per heavy atom. The van der Waals surface area contributed by atoms with Gasteiger partial charge in [-0.1, -0.05) is 6.07 Å². The number of ether oxygens (including phenoxy) is 2. The maximum absolute atomic E-state index is 10.9. The van der Waals surface area contributed by atoms with Crippen LogP contribution in [-0.4, -0.2) is 30.8 Å². The molecule has 0 spiro atoms. The van der Waals surface area contributed by atoms with Gasteiger partial charge in [0.1, 0.15) is 0 Å². The largest absolute Gasteiger partial charge is 0.493 e. The number of hydrogen-bond acceptors (Lipinski definition) is 4. The molecule has 0 saturated heterocycles. The van der Waals surface area contributed by atoms with Gasteiger partial charge in [0.15, 0.2) is 11.5 Å². The molecule has 116 valence electrons. The van der Waals surface area contributed by atoms with Crippen molar-refractivity contribution in [3.63, 3.8) is 0 Å². The van der Waals surface area contributed by atoms with Crippen molar-refractivity contribution in [1.82, 2.24) is 0 Å². The number of hydrogen-bond donors (Lipinski definition) is 2. The first-order valence-corrected chi connectivity index (χ1v) is 7.40. The summed E-state index contributed by atoms with van der Waals surface area (Å²) in [6.45, 7) is 0.293. The van der Waals surface area contributed by atoms with Crippen LogP contribution in [0.1, 0.15) is 43.6 Å². The Morgan fingerprint density at radius 1 is 1.38 bits per heavy atom. The van der Waals surface area contributed by atoms with Crippen molar-refractivity contribution < 1.29 is 19.4 Å². The van der Waals surface area contributed by atoms with E-state index < -0.39 is 5.97 Å². The van der Waals surface area contributed by atoms with Gasteiger partial charge in [-0.05, 0) is 49.9 Å². The number of aliphatic carboxylic acids is 1. The van der Waals surface area contributed by atoms with Crippen LogP contribution in [0.5, 0.6) is 11.5 Å². The van der Waals surface area contributed by atoms with E-state index in [0.29, 0.717) is 18.0 Å². The summed E-state index contributed by atoms with van der Waals surface area (Å²) >= 11 is 0. The van der Waals surface area contributed by atoms with Crippen molar-refractivity contribution >= 4 is 5.97 Å². The third kappa shape index (κ3) is 4.11. The van der Waals surface area contributed by atoms with Gasteiger partial charge in [-0.15, -0.1) is 0 Å². The van der Waals surface area contributed by atoms with Crippen LogP contribution < -0.4 is 15.2 Å². The minimum Gasteiger partial charge on any atom is -0.493 e. The molecule has 1 fully saturated rings. The SMILES string of the molecule is COc1ccc([C@H](CN)CC(=O)O)cc1OC1CCCC1. The number of benzene rings is 1. The lowest BCUT2D eigenvalue weighted by molar-refractivity contribution is -0.137. The van der Waals surface area contributed by atoms with Crippen LogP contribution in [0.15, 0.2) is 18.2 Å². The van der Waals surface area contributed by atoms with E-state index in [2.05, 4.69) is 0 Å². The first kappa shape index (κ1) is 15.6. The summed E-state index contributed by atoms with van der Waals surface area (Å²) in [4.78, 5) is 10.9. The maximum atomic E-state index is 10.9. The molecule has 0 aromatic heterocycles. The molecule has 0 amide bonds. The van der Waals surface area contributed by atoms with Crippen LogP contribution in [0.3, 0.4) is 0 Å². The minimum absolute atomic E-state index is 0.0195. The topological polar surface area (TPSA) is 81.8 Å². The molecule has 21 heavy (non-hydrogen) atoms. The number of nitrogens with two attached hydrogens (primary N) is 1. The Balaban J connectivity index is 2.20. The summed E-state index contributed by atoms with van der Waals surface area (Å²) in [5.41, 5.74) is 6.58. The van der Waals surface area contributed by atoms with E-state index in [1.807, 2.05) is 18.2 Å².